The number of halogens is 1. The van der Waals surface area contributed by atoms with Crippen LogP contribution < -0.4 is 0 Å². The van der Waals surface area contributed by atoms with Gasteiger partial charge in [0.15, 0.2) is 0 Å². The van der Waals surface area contributed by atoms with Crippen molar-refractivity contribution in [1.82, 2.24) is 4.31 Å². The molecule has 1 fully saturated rings. The molecule has 1 aromatic rings. The van der Waals surface area contributed by atoms with Crippen LogP contribution in [0.25, 0.3) is 0 Å². The zero-order valence-corrected chi connectivity index (χ0v) is 11.7. The van der Waals surface area contributed by atoms with Crippen molar-refractivity contribution < 1.29 is 13.2 Å². The third kappa shape index (κ3) is 2.85. The summed E-state index contributed by atoms with van der Waals surface area (Å²) in [6.07, 6.45) is 0.905. The van der Waals surface area contributed by atoms with E-state index in [2.05, 4.69) is 0 Å². The highest BCUT2D eigenvalue weighted by molar-refractivity contribution is 7.89. The van der Waals surface area contributed by atoms with E-state index in [4.69, 9.17) is 16.3 Å². The molecule has 0 spiro atoms. The second kappa shape index (κ2) is 5.57. The number of sulfonamides is 1. The summed E-state index contributed by atoms with van der Waals surface area (Å²) in [6, 6.07) is 6.50. The molecule has 2 rings (SSSR count). The van der Waals surface area contributed by atoms with E-state index in [1.54, 1.807) is 25.2 Å². The van der Waals surface area contributed by atoms with Gasteiger partial charge < -0.3 is 4.74 Å². The number of hydrogen-bond acceptors (Lipinski definition) is 3. The average molecular weight is 290 g/mol. The van der Waals surface area contributed by atoms with E-state index in [9.17, 15) is 8.42 Å². The summed E-state index contributed by atoms with van der Waals surface area (Å²) in [5.41, 5.74) is 0. The van der Waals surface area contributed by atoms with Crippen molar-refractivity contribution in [3.8, 4) is 0 Å². The van der Waals surface area contributed by atoms with Crippen molar-refractivity contribution in [1.29, 1.82) is 0 Å². The van der Waals surface area contributed by atoms with Crippen LogP contribution in [-0.2, 0) is 14.8 Å². The molecule has 0 N–H and O–H groups in total. The lowest BCUT2D eigenvalue weighted by Gasteiger charge is -2.20. The molecule has 0 saturated carbocycles. The lowest BCUT2D eigenvalue weighted by atomic mass is 10.1. The van der Waals surface area contributed by atoms with Crippen LogP contribution in [0.15, 0.2) is 29.2 Å². The molecule has 1 aliphatic heterocycles. The minimum absolute atomic E-state index is 0.160. The molecule has 0 unspecified atom stereocenters. The normalized spacial score (nSPS) is 20.5. The summed E-state index contributed by atoms with van der Waals surface area (Å²) in [6.45, 7) is 1.81. The number of nitrogens with zero attached hydrogens (tertiary/aromatic N) is 1. The summed E-state index contributed by atoms with van der Waals surface area (Å²) in [5.74, 6) is 0.271. The third-order valence-electron chi connectivity index (χ3n) is 3.06. The molecular weight excluding hydrogens is 274 g/mol. The minimum Gasteiger partial charge on any atom is -0.381 e. The van der Waals surface area contributed by atoms with E-state index in [0.29, 0.717) is 19.8 Å². The van der Waals surface area contributed by atoms with Crippen molar-refractivity contribution in [3.05, 3.63) is 29.3 Å². The topological polar surface area (TPSA) is 46.6 Å². The van der Waals surface area contributed by atoms with E-state index in [0.717, 1.165) is 6.42 Å². The minimum atomic E-state index is -3.51. The first-order chi connectivity index (χ1) is 8.51. The van der Waals surface area contributed by atoms with E-state index >= 15 is 0 Å². The van der Waals surface area contributed by atoms with Gasteiger partial charge >= 0.3 is 0 Å². The fourth-order valence-corrected chi connectivity index (χ4v) is 3.75. The quantitative estimate of drug-likeness (QED) is 0.852. The van der Waals surface area contributed by atoms with Gasteiger partial charge in [-0.2, -0.15) is 0 Å². The van der Waals surface area contributed by atoms with Crippen LogP contribution >= 0.6 is 11.6 Å². The number of ether oxygens (including phenoxy) is 1. The highest BCUT2D eigenvalue weighted by Gasteiger charge is 2.27. The summed E-state index contributed by atoms with van der Waals surface area (Å²) in [4.78, 5) is 0.160. The SMILES string of the molecule is CN(C[C@H]1CCOC1)S(=O)(=O)c1ccccc1Cl. The van der Waals surface area contributed by atoms with Crippen LogP contribution in [0.1, 0.15) is 6.42 Å². The summed E-state index contributed by atoms with van der Waals surface area (Å²) < 4.78 is 31.3. The summed E-state index contributed by atoms with van der Waals surface area (Å²) >= 11 is 5.94. The number of hydrogen-bond donors (Lipinski definition) is 0. The van der Waals surface area contributed by atoms with E-state index in [1.165, 1.54) is 10.4 Å². The molecule has 0 aromatic heterocycles. The number of rotatable bonds is 4. The van der Waals surface area contributed by atoms with Gasteiger partial charge in [-0.15, -0.1) is 0 Å². The van der Waals surface area contributed by atoms with Crippen molar-refractivity contribution in [2.24, 2.45) is 5.92 Å². The summed E-state index contributed by atoms with van der Waals surface area (Å²) in [7, 11) is -1.93. The van der Waals surface area contributed by atoms with Gasteiger partial charge in [-0.1, -0.05) is 23.7 Å². The van der Waals surface area contributed by atoms with Gasteiger partial charge in [0, 0.05) is 20.2 Å². The Labute approximate surface area is 113 Å². The van der Waals surface area contributed by atoms with Crippen LogP contribution in [-0.4, -0.2) is 39.5 Å². The Morgan fingerprint density at radius 1 is 1.44 bits per heavy atom. The highest BCUT2D eigenvalue weighted by Crippen LogP contribution is 2.25. The molecule has 1 aromatic carbocycles. The first kappa shape index (κ1) is 13.8. The zero-order valence-electron chi connectivity index (χ0n) is 10.2. The lowest BCUT2D eigenvalue weighted by molar-refractivity contribution is 0.182. The second-order valence-corrected chi connectivity index (χ2v) is 6.87. The molecule has 0 amide bonds. The van der Waals surface area contributed by atoms with Gasteiger partial charge in [0.25, 0.3) is 0 Å². The maximum absolute atomic E-state index is 12.3. The first-order valence-corrected chi connectivity index (χ1v) is 7.62. The standard InChI is InChI=1S/C12H16ClNO3S/c1-14(8-10-6-7-17-9-10)18(15,16)12-5-3-2-4-11(12)13/h2-5,10H,6-9H2,1H3/t10-/m1/s1. The van der Waals surface area contributed by atoms with Gasteiger partial charge in [-0.05, 0) is 24.5 Å². The molecule has 1 aliphatic rings. The molecule has 1 saturated heterocycles. The fraction of sp³-hybridized carbons (Fsp3) is 0.500. The monoisotopic (exact) mass is 289 g/mol. The smallest absolute Gasteiger partial charge is 0.244 e. The highest BCUT2D eigenvalue weighted by atomic mass is 35.5. The Balaban J connectivity index is 2.17. The molecule has 18 heavy (non-hydrogen) atoms. The third-order valence-corrected chi connectivity index (χ3v) is 5.39. The van der Waals surface area contributed by atoms with Gasteiger partial charge in [-0.25, -0.2) is 12.7 Å². The maximum Gasteiger partial charge on any atom is 0.244 e. The van der Waals surface area contributed by atoms with Crippen LogP contribution in [0.5, 0.6) is 0 Å². The second-order valence-electron chi connectivity index (χ2n) is 4.45. The van der Waals surface area contributed by atoms with Crippen molar-refractivity contribution in [3.63, 3.8) is 0 Å². The fourth-order valence-electron chi connectivity index (χ4n) is 2.01. The van der Waals surface area contributed by atoms with Gasteiger partial charge in [0.1, 0.15) is 4.90 Å². The largest absolute Gasteiger partial charge is 0.381 e. The Morgan fingerprint density at radius 2 is 2.17 bits per heavy atom. The Morgan fingerprint density at radius 3 is 2.78 bits per heavy atom. The first-order valence-electron chi connectivity index (χ1n) is 5.80. The van der Waals surface area contributed by atoms with Gasteiger partial charge in [-0.3, -0.25) is 0 Å². The molecule has 6 heteroatoms. The van der Waals surface area contributed by atoms with Crippen LogP contribution in [0.4, 0.5) is 0 Å². The molecule has 0 radical (unpaired) electrons. The van der Waals surface area contributed by atoms with E-state index in [1.807, 2.05) is 0 Å². The van der Waals surface area contributed by atoms with Crippen LogP contribution in [0, 0.1) is 5.92 Å². The van der Waals surface area contributed by atoms with Crippen LogP contribution in [0.3, 0.4) is 0 Å². The Hall–Kier alpha value is -0.620. The predicted molar refractivity (Wildman–Crippen MR) is 70.2 cm³/mol. The zero-order chi connectivity index (χ0) is 13.2. The molecule has 1 heterocycles. The Bertz CT molecular complexity index is 512. The molecular formula is C12H16ClNO3S. The van der Waals surface area contributed by atoms with Crippen molar-refractivity contribution >= 4 is 21.6 Å². The summed E-state index contributed by atoms with van der Waals surface area (Å²) in [5, 5.41) is 0.257. The van der Waals surface area contributed by atoms with Crippen molar-refractivity contribution in [2.45, 2.75) is 11.3 Å². The van der Waals surface area contributed by atoms with Crippen LogP contribution in [0.2, 0.25) is 5.02 Å². The molecule has 0 bridgehead atoms. The lowest BCUT2D eigenvalue weighted by Crippen LogP contribution is -2.32. The average Bonchev–Trinajstić information content (AvgIpc) is 2.82. The molecule has 1 atom stereocenters. The predicted octanol–water partition coefficient (Wildman–Crippen LogP) is 2.00. The van der Waals surface area contributed by atoms with Crippen molar-refractivity contribution in [2.75, 3.05) is 26.8 Å². The van der Waals surface area contributed by atoms with E-state index < -0.39 is 10.0 Å². The molecule has 0 aliphatic carbocycles. The number of benzene rings is 1. The van der Waals surface area contributed by atoms with Gasteiger partial charge in [0.2, 0.25) is 10.0 Å². The maximum atomic E-state index is 12.3. The molecule has 4 nitrogen and oxygen atoms in total. The Kier molecular flexibility index (Phi) is 4.27. The van der Waals surface area contributed by atoms with E-state index in [-0.39, 0.29) is 15.8 Å². The van der Waals surface area contributed by atoms with Gasteiger partial charge in [0.05, 0.1) is 11.6 Å². The molecule has 100 valence electrons.